The van der Waals surface area contributed by atoms with Crippen LogP contribution in [0.2, 0.25) is 0 Å². The lowest BCUT2D eigenvalue weighted by Crippen LogP contribution is -2.08. The summed E-state index contributed by atoms with van der Waals surface area (Å²) in [5, 5.41) is 3.41. The van der Waals surface area contributed by atoms with Gasteiger partial charge in [-0.15, -0.1) is 11.3 Å². The molecule has 2 rings (SSSR count). The van der Waals surface area contributed by atoms with Gasteiger partial charge >= 0.3 is 0 Å². The third-order valence-electron chi connectivity index (χ3n) is 2.33. The topological polar surface area (TPSA) is 21.3 Å². The first-order valence-electron chi connectivity index (χ1n) is 5.89. The van der Waals surface area contributed by atoms with Crippen LogP contribution in [0.5, 0.6) is 5.75 Å². The zero-order valence-corrected chi connectivity index (χ0v) is 12.8. The van der Waals surface area contributed by atoms with Crippen molar-refractivity contribution in [1.29, 1.82) is 0 Å². The number of anilines is 1. The quantitative estimate of drug-likeness (QED) is 0.843. The summed E-state index contributed by atoms with van der Waals surface area (Å²) in [7, 11) is 0. The van der Waals surface area contributed by atoms with Gasteiger partial charge < -0.3 is 10.1 Å². The Labute approximate surface area is 120 Å². The smallest absolute Gasteiger partial charge is 0.142 e. The first-order valence-corrected chi connectivity index (χ1v) is 7.50. The van der Waals surface area contributed by atoms with E-state index >= 15 is 0 Å². The summed E-state index contributed by atoms with van der Waals surface area (Å²) in [6.45, 7) is 4.88. The molecule has 18 heavy (non-hydrogen) atoms. The molecule has 0 radical (unpaired) electrons. The number of halogens is 1. The standard InChI is InChI=1S/C14H16BrNOS/c1-10(2)17-13-6-4-3-5-12(13)16-9-11-7-8-14(15)18-11/h3-8,10,16H,9H2,1-2H3. The summed E-state index contributed by atoms with van der Waals surface area (Å²) in [6.07, 6.45) is 0.184. The second kappa shape index (κ2) is 6.25. The Morgan fingerprint density at radius 1 is 1.22 bits per heavy atom. The van der Waals surface area contributed by atoms with Crippen LogP contribution in [0.15, 0.2) is 40.2 Å². The fourth-order valence-electron chi connectivity index (χ4n) is 1.60. The van der Waals surface area contributed by atoms with E-state index in [-0.39, 0.29) is 6.10 Å². The number of hydrogen-bond donors (Lipinski definition) is 1. The van der Waals surface area contributed by atoms with E-state index in [1.54, 1.807) is 11.3 Å². The summed E-state index contributed by atoms with van der Waals surface area (Å²) in [5.41, 5.74) is 1.04. The fourth-order valence-corrected chi connectivity index (χ4v) is 3.02. The van der Waals surface area contributed by atoms with Crippen molar-refractivity contribution >= 4 is 33.0 Å². The number of para-hydroxylation sites is 2. The molecule has 0 bridgehead atoms. The monoisotopic (exact) mass is 325 g/mol. The van der Waals surface area contributed by atoms with Gasteiger partial charge in [0.25, 0.3) is 0 Å². The number of ether oxygens (including phenoxy) is 1. The first kappa shape index (κ1) is 13.4. The summed E-state index contributed by atoms with van der Waals surface area (Å²) >= 11 is 5.21. The third kappa shape index (κ3) is 3.75. The molecule has 0 amide bonds. The molecule has 1 heterocycles. The zero-order chi connectivity index (χ0) is 13.0. The minimum Gasteiger partial charge on any atom is -0.489 e. The fraction of sp³-hybridized carbons (Fsp3) is 0.286. The Morgan fingerprint density at radius 3 is 2.67 bits per heavy atom. The van der Waals surface area contributed by atoms with E-state index in [4.69, 9.17) is 4.74 Å². The summed E-state index contributed by atoms with van der Waals surface area (Å²) in [5.74, 6) is 0.906. The summed E-state index contributed by atoms with van der Waals surface area (Å²) < 4.78 is 6.93. The van der Waals surface area contributed by atoms with E-state index in [0.29, 0.717) is 0 Å². The second-order valence-electron chi connectivity index (χ2n) is 4.22. The molecule has 0 fully saturated rings. The van der Waals surface area contributed by atoms with E-state index in [9.17, 15) is 0 Å². The molecule has 0 saturated carbocycles. The van der Waals surface area contributed by atoms with Crippen LogP contribution >= 0.6 is 27.3 Å². The molecule has 0 saturated heterocycles. The van der Waals surface area contributed by atoms with Crippen LogP contribution in [0, 0.1) is 0 Å². The molecule has 0 aliphatic heterocycles. The van der Waals surface area contributed by atoms with Crippen molar-refractivity contribution in [3.8, 4) is 5.75 Å². The molecule has 4 heteroatoms. The Morgan fingerprint density at radius 2 is 2.00 bits per heavy atom. The van der Waals surface area contributed by atoms with E-state index in [1.165, 1.54) is 4.88 Å². The van der Waals surface area contributed by atoms with Crippen LogP contribution < -0.4 is 10.1 Å². The molecule has 0 spiro atoms. The lowest BCUT2D eigenvalue weighted by molar-refractivity contribution is 0.243. The number of benzene rings is 1. The van der Waals surface area contributed by atoms with E-state index in [0.717, 1.165) is 21.8 Å². The lowest BCUT2D eigenvalue weighted by atomic mass is 10.3. The summed E-state index contributed by atoms with van der Waals surface area (Å²) in [4.78, 5) is 1.29. The SMILES string of the molecule is CC(C)Oc1ccccc1NCc1ccc(Br)s1. The molecule has 1 aromatic heterocycles. The Hall–Kier alpha value is -1.000. The van der Waals surface area contributed by atoms with Gasteiger partial charge in [-0.1, -0.05) is 12.1 Å². The minimum atomic E-state index is 0.184. The highest BCUT2D eigenvalue weighted by Crippen LogP contribution is 2.27. The number of nitrogens with one attached hydrogen (secondary N) is 1. The average molecular weight is 326 g/mol. The molecule has 0 aliphatic carbocycles. The third-order valence-corrected chi connectivity index (χ3v) is 3.96. The molecule has 0 atom stereocenters. The highest BCUT2D eigenvalue weighted by atomic mass is 79.9. The normalized spacial score (nSPS) is 10.7. The van der Waals surface area contributed by atoms with Gasteiger partial charge in [-0.3, -0.25) is 0 Å². The van der Waals surface area contributed by atoms with E-state index in [2.05, 4.69) is 33.4 Å². The molecule has 0 aliphatic rings. The first-order chi connectivity index (χ1) is 8.65. The van der Waals surface area contributed by atoms with Crippen molar-refractivity contribution < 1.29 is 4.74 Å². The van der Waals surface area contributed by atoms with Gasteiger partial charge in [-0.05, 0) is 54.0 Å². The lowest BCUT2D eigenvalue weighted by Gasteiger charge is -2.15. The van der Waals surface area contributed by atoms with Gasteiger partial charge in [0.1, 0.15) is 5.75 Å². The predicted molar refractivity (Wildman–Crippen MR) is 81.6 cm³/mol. The van der Waals surface area contributed by atoms with Crippen molar-refractivity contribution in [2.45, 2.75) is 26.5 Å². The molecule has 2 nitrogen and oxygen atoms in total. The zero-order valence-electron chi connectivity index (χ0n) is 10.4. The van der Waals surface area contributed by atoms with Crippen molar-refractivity contribution in [3.05, 3.63) is 45.1 Å². The minimum absolute atomic E-state index is 0.184. The Bertz CT molecular complexity index is 510. The Balaban J connectivity index is 2.04. The summed E-state index contributed by atoms with van der Waals surface area (Å²) in [6, 6.07) is 12.2. The van der Waals surface area contributed by atoms with Crippen molar-refractivity contribution in [2.24, 2.45) is 0 Å². The van der Waals surface area contributed by atoms with Crippen molar-refractivity contribution in [2.75, 3.05) is 5.32 Å². The predicted octanol–water partition coefficient (Wildman–Crippen LogP) is 4.91. The van der Waals surface area contributed by atoms with E-state index in [1.807, 2.05) is 38.1 Å². The molecular formula is C14H16BrNOS. The van der Waals surface area contributed by atoms with Gasteiger partial charge in [0.05, 0.1) is 15.6 Å². The molecule has 0 unspecified atom stereocenters. The molecule has 1 N–H and O–H groups in total. The van der Waals surface area contributed by atoms with Crippen LogP contribution in [0.1, 0.15) is 18.7 Å². The maximum Gasteiger partial charge on any atom is 0.142 e. The number of thiophene rings is 1. The maximum atomic E-state index is 5.77. The Kier molecular flexibility index (Phi) is 4.66. The van der Waals surface area contributed by atoms with Crippen LogP contribution in [-0.4, -0.2) is 6.10 Å². The highest BCUT2D eigenvalue weighted by molar-refractivity contribution is 9.11. The molecular weight excluding hydrogens is 310 g/mol. The van der Waals surface area contributed by atoms with Crippen LogP contribution in [-0.2, 0) is 6.54 Å². The largest absolute Gasteiger partial charge is 0.489 e. The number of rotatable bonds is 5. The van der Waals surface area contributed by atoms with E-state index < -0.39 is 0 Å². The van der Waals surface area contributed by atoms with Gasteiger partial charge in [0.15, 0.2) is 0 Å². The van der Waals surface area contributed by atoms with Crippen LogP contribution in [0.3, 0.4) is 0 Å². The number of hydrogen-bond acceptors (Lipinski definition) is 3. The maximum absolute atomic E-state index is 5.77. The van der Waals surface area contributed by atoms with Gasteiger partial charge in [-0.2, -0.15) is 0 Å². The van der Waals surface area contributed by atoms with Crippen molar-refractivity contribution in [3.63, 3.8) is 0 Å². The van der Waals surface area contributed by atoms with Gasteiger partial charge in [0.2, 0.25) is 0 Å². The van der Waals surface area contributed by atoms with Crippen LogP contribution in [0.4, 0.5) is 5.69 Å². The molecule has 96 valence electrons. The van der Waals surface area contributed by atoms with Gasteiger partial charge in [-0.25, -0.2) is 0 Å². The average Bonchev–Trinajstić information content (AvgIpc) is 2.73. The highest BCUT2D eigenvalue weighted by Gasteiger charge is 2.05. The van der Waals surface area contributed by atoms with Crippen molar-refractivity contribution in [1.82, 2.24) is 0 Å². The second-order valence-corrected chi connectivity index (χ2v) is 6.77. The molecule has 1 aromatic carbocycles. The molecule has 2 aromatic rings. The van der Waals surface area contributed by atoms with Crippen LogP contribution in [0.25, 0.3) is 0 Å². The van der Waals surface area contributed by atoms with Gasteiger partial charge in [0, 0.05) is 11.4 Å².